The molecule has 2 aromatic rings. The number of hydrogen-bond acceptors (Lipinski definition) is 3. The van der Waals surface area contributed by atoms with Crippen LogP contribution < -0.4 is 10.6 Å². The van der Waals surface area contributed by atoms with Gasteiger partial charge in [-0.15, -0.1) is 0 Å². The van der Waals surface area contributed by atoms with Crippen LogP contribution in [0.1, 0.15) is 27.2 Å². The highest BCUT2D eigenvalue weighted by Gasteiger charge is 2.13. The lowest BCUT2D eigenvalue weighted by atomic mass is 10.1. The molecule has 1 aromatic heterocycles. The van der Waals surface area contributed by atoms with Gasteiger partial charge in [0.15, 0.2) is 10.4 Å². The van der Waals surface area contributed by atoms with Crippen LogP contribution in [0.2, 0.25) is 0 Å². The van der Waals surface area contributed by atoms with E-state index in [0.29, 0.717) is 4.67 Å². The molecule has 0 saturated carbocycles. The third-order valence-corrected chi connectivity index (χ3v) is 3.57. The average molecular weight is 365 g/mol. The standard InChI is InChI=1S/C16H17BrN2O3/c1-9-6-10(2)15(11(3)7-9)19-14(20)8-18-16(21)12-4-5-13(17)22-12/h4-7H,8H2,1-3H3,(H,18,21)(H,19,20). The maximum atomic E-state index is 12.0. The molecular weight excluding hydrogens is 348 g/mol. The molecule has 0 radical (unpaired) electrons. The molecule has 6 heteroatoms. The van der Waals surface area contributed by atoms with Gasteiger partial charge in [-0.1, -0.05) is 17.7 Å². The Morgan fingerprint density at radius 3 is 2.32 bits per heavy atom. The van der Waals surface area contributed by atoms with Gasteiger partial charge in [-0.05, 0) is 60.0 Å². The van der Waals surface area contributed by atoms with Gasteiger partial charge < -0.3 is 15.1 Å². The van der Waals surface area contributed by atoms with Crippen LogP contribution in [-0.2, 0) is 4.79 Å². The molecule has 5 nitrogen and oxygen atoms in total. The minimum Gasteiger partial charge on any atom is -0.444 e. The molecule has 1 heterocycles. The molecule has 0 bridgehead atoms. The van der Waals surface area contributed by atoms with Gasteiger partial charge in [-0.2, -0.15) is 0 Å². The van der Waals surface area contributed by atoms with Crippen LogP contribution in [0.4, 0.5) is 5.69 Å². The molecule has 1 aromatic carbocycles. The van der Waals surface area contributed by atoms with Crippen molar-refractivity contribution >= 4 is 33.4 Å². The van der Waals surface area contributed by atoms with Crippen molar-refractivity contribution < 1.29 is 14.0 Å². The van der Waals surface area contributed by atoms with Crippen molar-refractivity contribution in [3.63, 3.8) is 0 Å². The molecular formula is C16H17BrN2O3. The summed E-state index contributed by atoms with van der Waals surface area (Å²) in [6, 6.07) is 7.16. The van der Waals surface area contributed by atoms with E-state index in [2.05, 4.69) is 26.6 Å². The third kappa shape index (κ3) is 3.98. The summed E-state index contributed by atoms with van der Waals surface area (Å²) in [7, 11) is 0. The lowest BCUT2D eigenvalue weighted by Crippen LogP contribution is -2.33. The summed E-state index contributed by atoms with van der Waals surface area (Å²) in [5.41, 5.74) is 3.91. The van der Waals surface area contributed by atoms with E-state index in [9.17, 15) is 9.59 Å². The molecule has 0 saturated heterocycles. The summed E-state index contributed by atoms with van der Waals surface area (Å²) in [4.78, 5) is 23.8. The van der Waals surface area contributed by atoms with Crippen LogP contribution in [0, 0.1) is 20.8 Å². The zero-order valence-corrected chi connectivity index (χ0v) is 14.2. The molecule has 2 N–H and O–H groups in total. The predicted octanol–water partition coefficient (Wildman–Crippen LogP) is 3.34. The second-order valence-electron chi connectivity index (χ2n) is 5.11. The monoisotopic (exact) mass is 364 g/mol. The van der Waals surface area contributed by atoms with E-state index in [1.807, 2.05) is 32.9 Å². The fourth-order valence-corrected chi connectivity index (χ4v) is 2.55. The van der Waals surface area contributed by atoms with Gasteiger partial charge in [-0.25, -0.2) is 0 Å². The third-order valence-electron chi connectivity index (χ3n) is 3.15. The van der Waals surface area contributed by atoms with Crippen molar-refractivity contribution in [2.45, 2.75) is 20.8 Å². The number of rotatable bonds is 4. The molecule has 0 atom stereocenters. The van der Waals surface area contributed by atoms with Crippen molar-refractivity contribution in [3.8, 4) is 0 Å². The fourth-order valence-electron chi connectivity index (χ4n) is 2.24. The average Bonchev–Trinajstić information content (AvgIpc) is 2.87. The zero-order valence-electron chi connectivity index (χ0n) is 12.6. The van der Waals surface area contributed by atoms with Crippen molar-refractivity contribution in [1.82, 2.24) is 5.32 Å². The Bertz CT molecular complexity index is 699. The largest absolute Gasteiger partial charge is 0.444 e. The first-order chi connectivity index (χ1) is 10.4. The van der Waals surface area contributed by atoms with Crippen LogP contribution >= 0.6 is 15.9 Å². The Morgan fingerprint density at radius 2 is 1.77 bits per heavy atom. The van der Waals surface area contributed by atoms with E-state index in [-0.39, 0.29) is 18.2 Å². The number of nitrogens with one attached hydrogen (secondary N) is 2. The summed E-state index contributed by atoms with van der Waals surface area (Å²) in [6.45, 7) is 5.76. The number of carbonyl (C=O) groups is 2. The van der Waals surface area contributed by atoms with E-state index in [4.69, 9.17) is 4.42 Å². The van der Waals surface area contributed by atoms with E-state index in [1.54, 1.807) is 6.07 Å². The maximum Gasteiger partial charge on any atom is 0.287 e. The normalized spacial score (nSPS) is 10.4. The highest BCUT2D eigenvalue weighted by molar-refractivity contribution is 9.10. The smallest absolute Gasteiger partial charge is 0.287 e. The van der Waals surface area contributed by atoms with E-state index < -0.39 is 5.91 Å². The zero-order chi connectivity index (χ0) is 16.3. The van der Waals surface area contributed by atoms with E-state index >= 15 is 0 Å². The highest BCUT2D eigenvalue weighted by Crippen LogP contribution is 2.21. The van der Waals surface area contributed by atoms with Crippen molar-refractivity contribution in [2.24, 2.45) is 0 Å². The fraction of sp³-hybridized carbons (Fsp3) is 0.250. The first-order valence-corrected chi connectivity index (χ1v) is 7.57. The van der Waals surface area contributed by atoms with Crippen LogP contribution in [0.5, 0.6) is 0 Å². The minimum atomic E-state index is -0.432. The van der Waals surface area contributed by atoms with Crippen LogP contribution in [-0.4, -0.2) is 18.4 Å². The molecule has 0 aliphatic rings. The predicted molar refractivity (Wildman–Crippen MR) is 88.0 cm³/mol. The van der Waals surface area contributed by atoms with E-state index in [1.165, 1.54) is 6.07 Å². The lowest BCUT2D eigenvalue weighted by Gasteiger charge is -2.13. The quantitative estimate of drug-likeness (QED) is 0.873. The Morgan fingerprint density at radius 1 is 1.14 bits per heavy atom. The second kappa shape index (κ2) is 6.79. The van der Waals surface area contributed by atoms with E-state index in [0.717, 1.165) is 22.4 Å². The number of furan rings is 1. The van der Waals surface area contributed by atoms with Gasteiger partial charge >= 0.3 is 0 Å². The Hall–Kier alpha value is -2.08. The molecule has 0 aliphatic carbocycles. The van der Waals surface area contributed by atoms with Crippen molar-refractivity contribution in [2.75, 3.05) is 11.9 Å². The topological polar surface area (TPSA) is 71.3 Å². The molecule has 0 fully saturated rings. The molecule has 22 heavy (non-hydrogen) atoms. The number of benzene rings is 1. The van der Waals surface area contributed by atoms with Crippen molar-refractivity contribution in [3.05, 3.63) is 51.4 Å². The first kappa shape index (κ1) is 16.3. The summed E-state index contributed by atoms with van der Waals surface area (Å²) in [5.74, 6) is -0.561. The maximum absolute atomic E-state index is 12.0. The molecule has 2 rings (SSSR count). The van der Waals surface area contributed by atoms with Crippen molar-refractivity contribution in [1.29, 1.82) is 0 Å². The number of aryl methyl sites for hydroxylation is 3. The molecule has 2 amide bonds. The Balaban J connectivity index is 1.95. The van der Waals surface area contributed by atoms with Gasteiger partial charge in [0.2, 0.25) is 5.91 Å². The second-order valence-corrected chi connectivity index (χ2v) is 5.89. The van der Waals surface area contributed by atoms with Crippen LogP contribution in [0.3, 0.4) is 0 Å². The molecule has 0 aliphatic heterocycles. The summed E-state index contributed by atoms with van der Waals surface area (Å²) >= 11 is 3.12. The highest BCUT2D eigenvalue weighted by atomic mass is 79.9. The number of anilines is 1. The van der Waals surface area contributed by atoms with Crippen LogP contribution in [0.15, 0.2) is 33.4 Å². The molecule has 0 unspecified atom stereocenters. The number of carbonyl (C=O) groups excluding carboxylic acids is 2. The number of amides is 2. The summed E-state index contributed by atoms with van der Waals surface area (Å²) in [6.07, 6.45) is 0. The SMILES string of the molecule is Cc1cc(C)c(NC(=O)CNC(=O)c2ccc(Br)o2)c(C)c1. The molecule has 0 spiro atoms. The van der Waals surface area contributed by atoms with Gasteiger partial charge in [0.25, 0.3) is 5.91 Å². The Labute approximate surface area is 137 Å². The number of halogens is 1. The summed E-state index contributed by atoms with van der Waals surface area (Å²) < 4.78 is 5.59. The first-order valence-electron chi connectivity index (χ1n) is 6.78. The van der Waals surface area contributed by atoms with Crippen LogP contribution in [0.25, 0.3) is 0 Å². The van der Waals surface area contributed by atoms with Gasteiger partial charge in [0, 0.05) is 5.69 Å². The van der Waals surface area contributed by atoms with Gasteiger partial charge in [0.1, 0.15) is 0 Å². The Kier molecular flexibility index (Phi) is 5.03. The van der Waals surface area contributed by atoms with Gasteiger partial charge in [-0.3, -0.25) is 9.59 Å². The van der Waals surface area contributed by atoms with Gasteiger partial charge in [0.05, 0.1) is 6.54 Å². The summed E-state index contributed by atoms with van der Waals surface area (Å²) in [5, 5.41) is 5.34. The lowest BCUT2D eigenvalue weighted by molar-refractivity contribution is -0.115. The minimum absolute atomic E-state index is 0.121. The molecule has 116 valence electrons. The number of hydrogen-bond donors (Lipinski definition) is 2.